The van der Waals surface area contributed by atoms with Crippen molar-refractivity contribution in [2.45, 2.75) is 32.5 Å². The highest BCUT2D eigenvalue weighted by molar-refractivity contribution is 5.27. The molecule has 0 saturated carbocycles. The van der Waals surface area contributed by atoms with Gasteiger partial charge in [-0.05, 0) is 12.0 Å². The van der Waals surface area contributed by atoms with Gasteiger partial charge < -0.3 is 0 Å². The molecule has 100 valence electrons. The van der Waals surface area contributed by atoms with Crippen LogP contribution in [0.3, 0.4) is 0 Å². The minimum atomic E-state index is 0.0616. The van der Waals surface area contributed by atoms with Gasteiger partial charge in [0, 0.05) is 20.1 Å². The SMILES string of the molecule is CCC1c2c(c(=O)[nH]n2C)CN1Cc1ccccc1. The van der Waals surface area contributed by atoms with Crippen molar-refractivity contribution in [3.8, 4) is 0 Å². The zero-order chi connectivity index (χ0) is 13.4. The maximum Gasteiger partial charge on any atom is 0.268 e. The largest absolute Gasteiger partial charge is 0.290 e. The molecular formula is C15H19N3O. The maximum atomic E-state index is 11.9. The van der Waals surface area contributed by atoms with Crippen molar-refractivity contribution >= 4 is 0 Å². The van der Waals surface area contributed by atoms with Crippen molar-refractivity contribution in [1.29, 1.82) is 0 Å². The molecule has 2 aromatic rings. The van der Waals surface area contributed by atoms with Crippen LogP contribution in [0.5, 0.6) is 0 Å². The average Bonchev–Trinajstić information content (AvgIpc) is 2.90. The third-order valence-corrected chi connectivity index (χ3v) is 3.95. The van der Waals surface area contributed by atoms with Crippen molar-refractivity contribution in [2.24, 2.45) is 7.05 Å². The Morgan fingerprint density at radius 3 is 2.74 bits per heavy atom. The number of rotatable bonds is 3. The van der Waals surface area contributed by atoms with Crippen LogP contribution in [-0.4, -0.2) is 14.7 Å². The van der Waals surface area contributed by atoms with Crippen LogP contribution in [0.4, 0.5) is 0 Å². The minimum absolute atomic E-state index is 0.0616. The third kappa shape index (κ3) is 2.02. The van der Waals surface area contributed by atoms with E-state index in [-0.39, 0.29) is 5.56 Å². The fourth-order valence-corrected chi connectivity index (χ4v) is 3.10. The van der Waals surface area contributed by atoms with Gasteiger partial charge in [0.25, 0.3) is 5.56 Å². The molecule has 0 radical (unpaired) electrons. The lowest BCUT2D eigenvalue weighted by atomic mass is 10.1. The van der Waals surface area contributed by atoms with E-state index in [1.54, 1.807) is 0 Å². The van der Waals surface area contributed by atoms with E-state index in [1.807, 2.05) is 17.8 Å². The maximum absolute atomic E-state index is 11.9. The normalized spacial score (nSPS) is 18.7. The molecule has 1 atom stereocenters. The predicted molar refractivity (Wildman–Crippen MR) is 74.8 cm³/mol. The summed E-state index contributed by atoms with van der Waals surface area (Å²) in [6.45, 7) is 3.82. The quantitative estimate of drug-likeness (QED) is 0.915. The van der Waals surface area contributed by atoms with Crippen LogP contribution < -0.4 is 5.56 Å². The summed E-state index contributed by atoms with van der Waals surface area (Å²) in [4.78, 5) is 14.3. The Hall–Kier alpha value is -1.81. The highest BCUT2D eigenvalue weighted by atomic mass is 16.1. The van der Waals surface area contributed by atoms with Crippen LogP contribution in [0, 0.1) is 0 Å². The van der Waals surface area contributed by atoms with Crippen LogP contribution >= 0.6 is 0 Å². The molecule has 0 fully saturated rings. The molecule has 0 spiro atoms. The van der Waals surface area contributed by atoms with Gasteiger partial charge in [0.1, 0.15) is 0 Å². The van der Waals surface area contributed by atoms with Crippen LogP contribution in [0.25, 0.3) is 0 Å². The standard InChI is InChI=1S/C15H19N3O/c1-3-13-14-12(15(19)16-17(14)2)10-18(13)9-11-7-5-4-6-8-11/h4-8,13H,3,9-10H2,1-2H3,(H,16,19). The number of aryl methyl sites for hydroxylation is 1. The molecule has 0 amide bonds. The zero-order valence-corrected chi connectivity index (χ0v) is 11.4. The molecule has 3 rings (SSSR count). The first-order valence-corrected chi connectivity index (χ1v) is 6.76. The Bertz CT molecular complexity index is 627. The number of hydrogen-bond acceptors (Lipinski definition) is 2. The average molecular weight is 257 g/mol. The number of benzene rings is 1. The number of nitrogens with one attached hydrogen (secondary N) is 1. The third-order valence-electron chi connectivity index (χ3n) is 3.95. The summed E-state index contributed by atoms with van der Waals surface area (Å²) in [7, 11) is 1.93. The Labute approximate surface area is 112 Å². The van der Waals surface area contributed by atoms with Crippen LogP contribution in [0.1, 0.15) is 36.2 Å². The molecule has 1 N–H and O–H groups in total. The van der Waals surface area contributed by atoms with Gasteiger partial charge in [-0.1, -0.05) is 37.3 Å². The molecule has 0 saturated heterocycles. The predicted octanol–water partition coefficient (Wildman–Crippen LogP) is 2.18. The molecule has 1 aromatic carbocycles. The Kier molecular flexibility index (Phi) is 3.03. The van der Waals surface area contributed by atoms with Crippen LogP contribution in [0.15, 0.2) is 35.1 Å². The Morgan fingerprint density at radius 2 is 2.05 bits per heavy atom. The first-order chi connectivity index (χ1) is 9.20. The molecule has 2 heterocycles. The number of nitrogens with zero attached hydrogens (tertiary/aromatic N) is 2. The molecule has 19 heavy (non-hydrogen) atoms. The molecule has 1 aliphatic rings. The lowest BCUT2D eigenvalue weighted by Crippen LogP contribution is -2.24. The van der Waals surface area contributed by atoms with E-state index in [9.17, 15) is 4.79 Å². The van der Waals surface area contributed by atoms with Gasteiger partial charge in [0.15, 0.2) is 0 Å². The topological polar surface area (TPSA) is 41.0 Å². The van der Waals surface area contributed by atoms with E-state index >= 15 is 0 Å². The number of H-pyrrole nitrogens is 1. The van der Waals surface area contributed by atoms with E-state index in [1.165, 1.54) is 5.56 Å². The smallest absolute Gasteiger partial charge is 0.268 e. The number of aromatic nitrogens is 2. The van der Waals surface area contributed by atoms with Gasteiger partial charge in [-0.3, -0.25) is 19.5 Å². The van der Waals surface area contributed by atoms with Gasteiger partial charge in [-0.15, -0.1) is 0 Å². The molecule has 4 heteroatoms. The highest BCUT2D eigenvalue weighted by Gasteiger charge is 2.33. The van der Waals surface area contributed by atoms with Gasteiger partial charge in [-0.25, -0.2) is 0 Å². The fraction of sp³-hybridized carbons (Fsp3) is 0.400. The second kappa shape index (κ2) is 4.70. The summed E-state index contributed by atoms with van der Waals surface area (Å²) in [5.41, 5.74) is 3.45. The van der Waals surface area contributed by atoms with Crippen molar-refractivity contribution in [1.82, 2.24) is 14.7 Å². The number of aromatic amines is 1. The van der Waals surface area contributed by atoms with E-state index in [0.29, 0.717) is 6.04 Å². The lowest BCUT2D eigenvalue weighted by molar-refractivity contribution is 0.193. The van der Waals surface area contributed by atoms with Crippen molar-refractivity contribution in [2.75, 3.05) is 0 Å². The molecule has 1 aliphatic heterocycles. The van der Waals surface area contributed by atoms with Crippen LogP contribution in [0.2, 0.25) is 0 Å². The molecule has 0 bridgehead atoms. The second-order valence-electron chi connectivity index (χ2n) is 5.18. The van der Waals surface area contributed by atoms with E-state index < -0.39 is 0 Å². The van der Waals surface area contributed by atoms with Gasteiger partial charge in [0.05, 0.1) is 17.3 Å². The molecule has 1 unspecified atom stereocenters. The monoisotopic (exact) mass is 257 g/mol. The highest BCUT2D eigenvalue weighted by Crippen LogP contribution is 2.34. The molecule has 1 aromatic heterocycles. The molecule has 4 nitrogen and oxygen atoms in total. The minimum Gasteiger partial charge on any atom is -0.290 e. The van der Waals surface area contributed by atoms with Gasteiger partial charge >= 0.3 is 0 Å². The summed E-state index contributed by atoms with van der Waals surface area (Å²) in [5, 5.41) is 2.86. The van der Waals surface area contributed by atoms with Gasteiger partial charge in [-0.2, -0.15) is 0 Å². The fourth-order valence-electron chi connectivity index (χ4n) is 3.10. The first kappa shape index (κ1) is 12.2. The summed E-state index contributed by atoms with van der Waals surface area (Å²) in [6, 6.07) is 10.8. The van der Waals surface area contributed by atoms with Crippen molar-refractivity contribution < 1.29 is 0 Å². The van der Waals surface area contributed by atoms with E-state index in [4.69, 9.17) is 0 Å². The van der Waals surface area contributed by atoms with Crippen molar-refractivity contribution in [3.63, 3.8) is 0 Å². The zero-order valence-electron chi connectivity index (χ0n) is 11.4. The first-order valence-electron chi connectivity index (χ1n) is 6.76. The Balaban J connectivity index is 1.90. The van der Waals surface area contributed by atoms with Crippen molar-refractivity contribution in [3.05, 3.63) is 57.5 Å². The number of hydrogen-bond donors (Lipinski definition) is 1. The summed E-state index contributed by atoms with van der Waals surface area (Å²) in [6.07, 6.45) is 1.02. The van der Waals surface area contributed by atoms with E-state index in [2.05, 4.69) is 41.2 Å². The summed E-state index contributed by atoms with van der Waals surface area (Å²) < 4.78 is 1.89. The van der Waals surface area contributed by atoms with E-state index in [0.717, 1.165) is 30.8 Å². The second-order valence-corrected chi connectivity index (χ2v) is 5.18. The lowest BCUT2D eigenvalue weighted by Gasteiger charge is -2.24. The summed E-state index contributed by atoms with van der Waals surface area (Å²) >= 11 is 0. The number of fused-ring (bicyclic) bond motifs is 1. The summed E-state index contributed by atoms with van der Waals surface area (Å²) in [5.74, 6) is 0. The molecule has 0 aliphatic carbocycles. The Morgan fingerprint density at radius 1 is 1.32 bits per heavy atom. The van der Waals surface area contributed by atoms with Crippen LogP contribution in [-0.2, 0) is 20.1 Å². The van der Waals surface area contributed by atoms with Gasteiger partial charge in [0.2, 0.25) is 0 Å². The molecular weight excluding hydrogens is 238 g/mol.